The van der Waals surface area contributed by atoms with E-state index in [2.05, 4.69) is 20.6 Å². The molecule has 0 bridgehead atoms. The third kappa shape index (κ3) is 3.56. The molecule has 0 saturated carbocycles. The molecule has 0 unspecified atom stereocenters. The van der Waals surface area contributed by atoms with Crippen LogP contribution in [0.25, 0.3) is 10.9 Å². The van der Waals surface area contributed by atoms with Crippen LogP contribution in [0.2, 0.25) is 0 Å². The van der Waals surface area contributed by atoms with Gasteiger partial charge < -0.3 is 10.6 Å². The lowest BCUT2D eigenvalue weighted by Crippen LogP contribution is -2.43. The van der Waals surface area contributed by atoms with Crippen LogP contribution >= 0.6 is 12.4 Å². The minimum Gasteiger partial charge on any atom is -0.353 e. The second-order valence-electron chi connectivity index (χ2n) is 5.69. The normalized spacial score (nSPS) is 17.0. The van der Waals surface area contributed by atoms with Crippen LogP contribution in [0.4, 0.5) is 10.3 Å². The van der Waals surface area contributed by atoms with Crippen molar-refractivity contribution in [2.24, 2.45) is 0 Å². The summed E-state index contributed by atoms with van der Waals surface area (Å²) in [5.41, 5.74) is 0.175. The summed E-state index contributed by atoms with van der Waals surface area (Å²) in [4.78, 5) is 19.1. The second-order valence-corrected chi connectivity index (χ2v) is 5.69. The number of hydrogen-bond acceptors (Lipinski definition) is 4. The zero-order valence-corrected chi connectivity index (χ0v) is 13.2. The zero-order valence-electron chi connectivity index (χ0n) is 12.4. The summed E-state index contributed by atoms with van der Waals surface area (Å²) < 4.78 is 14.5. The smallest absolute Gasteiger partial charge is 0.260 e. The lowest BCUT2D eigenvalue weighted by Gasteiger charge is -2.30. The Hall–Kier alpha value is -1.66. The minimum absolute atomic E-state index is 0. The molecule has 3 N–H and O–H groups in total. The number of aromatic nitrogens is 2. The fourth-order valence-electron chi connectivity index (χ4n) is 2.63. The molecular weight excluding hydrogens is 307 g/mol. The highest BCUT2D eigenvalue weighted by Crippen LogP contribution is 2.23. The molecule has 0 aliphatic carbocycles. The number of piperidine rings is 1. The van der Waals surface area contributed by atoms with Crippen LogP contribution in [0.5, 0.6) is 0 Å². The number of H-pyrrole nitrogens is 1. The molecule has 1 fully saturated rings. The molecule has 0 amide bonds. The van der Waals surface area contributed by atoms with Crippen molar-refractivity contribution in [3.05, 3.63) is 34.1 Å². The number of nitrogens with one attached hydrogen (secondary N) is 3. The molecule has 22 heavy (non-hydrogen) atoms. The SMILES string of the molecule is Cc1ccc2nc(NCC3(F)CCNCC3)[nH]c(=O)c2c1.Cl. The maximum Gasteiger partial charge on any atom is 0.260 e. The minimum atomic E-state index is -1.24. The number of aromatic amines is 1. The molecule has 1 aromatic heterocycles. The van der Waals surface area contributed by atoms with Crippen molar-refractivity contribution >= 4 is 29.3 Å². The van der Waals surface area contributed by atoms with Crippen molar-refractivity contribution in [3.8, 4) is 0 Å². The van der Waals surface area contributed by atoms with Crippen LogP contribution in [-0.4, -0.2) is 35.3 Å². The van der Waals surface area contributed by atoms with Crippen molar-refractivity contribution in [3.63, 3.8) is 0 Å². The molecule has 0 spiro atoms. The van der Waals surface area contributed by atoms with Gasteiger partial charge in [0.05, 0.1) is 17.4 Å². The van der Waals surface area contributed by atoms with Crippen molar-refractivity contribution in [2.45, 2.75) is 25.4 Å². The first-order chi connectivity index (χ1) is 10.1. The van der Waals surface area contributed by atoms with Gasteiger partial charge in [-0.2, -0.15) is 0 Å². The van der Waals surface area contributed by atoms with Gasteiger partial charge in [-0.05, 0) is 45.0 Å². The second kappa shape index (κ2) is 6.62. The Labute approximate surface area is 134 Å². The number of benzene rings is 1. The summed E-state index contributed by atoms with van der Waals surface area (Å²) in [6.45, 7) is 3.45. The number of alkyl halides is 1. The Bertz CT molecular complexity index is 712. The number of fused-ring (bicyclic) bond motifs is 1. The van der Waals surface area contributed by atoms with Gasteiger partial charge in [-0.3, -0.25) is 9.78 Å². The summed E-state index contributed by atoms with van der Waals surface area (Å²) >= 11 is 0. The van der Waals surface area contributed by atoms with Crippen LogP contribution in [0, 0.1) is 6.92 Å². The average molecular weight is 327 g/mol. The summed E-state index contributed by atoms with van der Waals surface area (Å²) in [5, 5.41) is 6.62. The van der Waals surface area contributed by atoms with E-state index in [9.17, 15) is 9.18 Å². The number of anilines is 1. The van der Waals surface area contributed by atoms with Gasteiger partial charge in [0, 0.05) is 0 Å². The van der Waals surface area contributed by atoms with E-state index in [1.807, 2.05) is 13.0 Å². The number of rotatable bonds is 3. The molecule has 3 rings (SSSR count). The van der Waals surface area contributed by atoms with Gasteiger partial charge in [-0.1, -0.05) is 11.6 Å². The maximum absolute atomic E-state index is 14.5. The molecule has 2 aromatic rings. The van der Waals surface area contributed by atoms with Gasteiger partial charge in [0.15, 0.2) is 0 Å². The first-order valence-corrected chi connectivity index (χ1v) is 7.20. The monoisotopic (exact) mass is 326 g/mol. The van der Waals surface area contributed by atoms with Crippen LogP contribution < -0.4 is 16.2 Å². The molecular formula is C15H20ClFN4O. The van der Waals surface area contributed by atoms with Crippen LogP contribution in [-0.2, 0) is 0 Å². The highest BCUT2D eigenvalue weighted by Gasteiger charge is 2.31. The van der Waals surface area contributed by atoms with Crippen LogP contribution in [0.3, 0.4) is 0 Å². The molecule has 1 aromatic carbocycles. The zero-order chi connectivity index (χ0) is 14.9. The molecule has 0 atom stereocenters. The maximum atomic E-state index is 14.5. The van der Waals surface area contributed by atoms with Crippen molar-refractivity contribution < 1.29 is 4.39 Å². The van der Waals surface area contributed by atoms with E-state index in [0.717, 1.165) is 5.56 Å². The topological polar surface area (TPSA) is 69.8 Å². The van der Waals surface area contributed by atoms with Gasteiger partial charge >= 0.3 is 0 Å². The lowest BCUT2D eigenvalue weighted by atomic mass is 9.94. The molecule has 2 heterocycles. The summed E-state index contributed by atoms with van der Waals surface area (Å²) in [6.07, 6.45) is 0.939. The van der Waals surface area contributed by atoms with E-state index < -0.39 is 5.67 Å². The number of nitrogens with zero attached hydrogens (tertiary/aromatic N) is 1. The molecule has 0 radical (unpaired) electrons. The molecule has 1 aliphatic heterocycles. The Morgan fingerprint density at radius 1 is 1.36 bits per heavy atom. The van der Waals surface area contributed by atoms with E-state index in [1.165, 1.54) is 0 Å². The third-order valence-electron chi connectivity index (χ3n) is 3.93. The van der Waals surface area contributed by atoms with Gasteiger partial charge in [0.25, 0.3) is 5.56 Å². The number of aryl methyl sites for hydroxylation is 1. The van der Waals surface area contributed by atoms with Crippen molar-refractivity contribution in [2.75, 3.05) is 25.0 Å². The Morgan fingerprint density at radius 3 is 2.82 bits per heavy atom. The van der Waals surface area contributed by atoms with E-state index in [1.54, 1.807) is 12.1 Å². The highest BCUT2D eigenvalue weighted by atomic mass is 35.5. The van der Waals surface area contributed by atoms with Gasteiger partial charge in [-0.15, -0.1) is 12.4 Å². The predicted molar refractivity (Wildman–Crippen MR) is 88.8 cm³/mol. The summed E-state index contributed by atoms with van der Waals surface area (Å²) in [6, 6.07) is 5.51. The number of halogens is 2. The van der Waals surface area contributed by atoms with E-state index in [0.29, 0.717) is 42.8 Å². The van der Waals surface area contributed by atoms with Crippen LogP contribution in [0.15, 0.2) is 23.0 Å². The van der Waals surface area contributed by atoms with E-state index in [-0.39, 0.29) is 24.5 Å². The third-order valence-corrected chi connectivity index (χ3v) is 3.93. The standard InChI is InChI=1S/C15H19FN4O.ClH/c1-10-2-3-12-11(8-10)13(21)20-14(19-12)18-9-15(16)4-6-17-7-5-15;/h2-3,8,17H,4-7,9H2,1H3,(H2,18,19,20,21);1H. The van der Waals surface area contributed by atoms with Crippen LogP contribution in [0.1, 0.15) is 18.4 Å². The summed E-state index contributed by atoms with van der Waals surface area (Å²) in [5.74, 6) is 0.326. The van der Waals surface area contributed by atoms with E-state index >= 15 is 0 Å². The van der Waals surface area contributed by atoms with Gasteiger partial charge in [0.2, 0.25) is 5.95 Å². The fraction of sp³-hybridized carbons (Fsp3) is 0.467. The molecule has 1 saturated heterocycles. The van der Waals surface area contributed by atoms with E-state index in [4.69, 9.17) is 0 Å². The first kappa shape index (κ1) is 16.7. The predicted octanol–water partition coefficient (Wildman–Crippen LogP) is 2.16. The Kier molecular flexibility index (Phi) is 5.03. The Morgan fingerprint density at radius 2 is 2.09 bits per heavy atom. The Balaban J connectivity index is 0.00000176. The summed E-state index contributed by atoms with van der Waals surface area (Å²) in [7, 11) is 0. The molecule has 5 nitrogen and oxygen atoms in total. The average Bonchev–Trinajstić information content (AvgIpc) is 2.47. The first-order valence-electron chi connectivity index (χ1n) is 7.20. The highest BCUT2D eigenvalue weighted by molar-refractivity contribution is 5.85. The lowest BCUT2D eigenvalue weighted by molar-refractivity contribution is 0.131. The van der Waals surface area contributed by atoms with Crippen molar-refractivity contribution in [1.82, 2.24) is 15.3 Å². The molecule has 120 valence electrons. The van der Waals surface area contributed by atoms with Gasteiger partial charge in [0.1, 0.15) is 5.67 Å². The van der Waals surface area contributed by atoms with Gasteiger partial charge in [-0.25, -0.2) is 9.37 Å². The number of hydrogen-bond donors (Lipinski definition) is 3. The molecule has 1 aliphatic rings. The quantitative estimate of drug-likeness (QED) is 0.808. The van der Waals surface area contributed by atoms with Crippen molar-refractivity contribution in [1.29, 1.82) is 0 Å². The largest absolute Gasteiger partial charge is 0.353 e. The fourth-order valence-corrected chi connectivity index (χ4v) is 2.63. The molecule has 7 heteroatoms.